The molecule has 3 nitrogen and oxygen atoms in total. The van der Waals surface area contributed by atoms with Crippen molar-refractivity contribution in [2.45, 2.75) is 47.6 Å². The maximum absolute atomic E-state index is 9.66. The topological polar surface area (TPSA) is 49.3 Å². The molecule has 2 N–H and O–H groups in total. The summed E-state index contributed by atoms with van der Waals surface area (Å²) in [7, 11) is 2.00. The summed E-state index contributed by atoms with van der Waals surface area (Å²) in [5, 5.41) is 11.2. The zero-order valence-electron chi connectivity index (χ0n) is 11.6. The average molecular weight is 304 g/mol. The van der Waals surface area contributed by atoms with E-state index in [-0.39, 0.29) is 32.7 Å². The van der Waals surface area contributed by atoms with Crippen LogP contribution in [0.2, 0.25) is 0 Å². The van der Waals surface area contributed by atoms with Gasteiger partial charge in [-0.25, -0.2) is 0 Å². The van der Waals surface area contributed by atoms with Gasteiger partial charge < -0.3 is 16.8 Å². The number of carboxylic acids is 1. The second kappa shape index (κ2) is 10.6. The molecule has 0 aliphatic carbocycles. The molecule has 0 rings (SSSR count). The Morgan fingerprint density at radius 1 is 1.44 bits per heavy atom. The zero-order chi connectivity index (χ0) is 12.6. The minimum absolute atomic E-state index is 0. The predicted octanol–water partition coefficient (Wildman–Crippen LogP) is 2.53. The van der Waals surface area contributed by atoms with Crippen molar-refractivity contribution in [3.8, 4) is 0 Å². The number of rotatable bonds is 4. The molecule has 0 bridgehead atoms. The molecule has 1 radical (unpaired) electrons. The van der Waals surface area contributed by atoms with Gasteiger partial charge in [0.05, 0.1) is 0 Å². The fraction of sp³-hybridized carbons (Fsp3) is 0.750. The van der Waals surface area contributed by atoms with Crippen molar-refractivity contribution in [1.82, 2.24) is 5.32 Å². The van der Waals surface area contributed by atoms with Crippen LogP contribution in [0.1, 0.15) is 41.5 Å². The molecule has 16 heavy (non-hydrogen) atoms. The molecule has 0 heterocycles. The number of hydrogen-bond donors (Lipinski definition) is 2. The summed E-state index contributed by atoms with van der Waals surface area (Å²) in [4.78, 5) is 9.66. The van der Waals surface area contributed by atoms with Gasteiger partial charge in [0.25, 0.3) is 0 Å². The van der Waals surface area contributed by atoms with Crippen LogP contribution < -0.4 is 5.32 Å². The minimum Gasteiger partial charge on any atom is -0.503 e. The zero-order valence-corrected chi connectivity index (χ0v) is 14.4. The van der Waals surface area contributed by atoms with Crippen LogP contribution in [0.15, 0.2) is 0 Å². The van der Waals surface area contributed by atoms with Crippen LogP contribution in [0, 0.1) is 17.8 Å². The molecule has 0 aromatic heterocycles. The third kappa shape index (κ3) is 10.9. The van der Waals surface area contributed by atoms with Gasteiger partial charge in [-0.15, -0.1) is 5.41 Å². The van der Waals surface area contributed by atoms with Crippen LogP contribution in [0.25, 0.3) is 0 Å². The maximum atomic E-state index is 9.66. The molecule has 4 heteroatoms. The molecule has 0 aromatic carbocycles. The molecule has 1 atom stereocenters. The van der Waals surface area contributed by atoms with E-state index in [1.54, 1.807) is 13.8 Å². The van der Waals surface area contributed by atoms with Crippen molar-refractivity contribution in [3.63, 3.8) is 0 Å². The molecular weight excluding hydrogens is 279 g/mol. The van der Waals surface area contributed by atoms with Crippen molar-refractivity contribution >= 4 is 5.97 Å². The smallest absolute Gasteiger partial charge is 0.166 e. The number of carbonyl (C=O) groups is 1. The first-order valence-electron chi connectivity index (χ1n) is 5.20. The first-order valence-corrected chi connectivity index (χ1v) is 5.20. The summed E-state index contributed by atoms with van der Waals surface area (Å²) in [6.07, 6.45) is 2.23. The predicted molar refractivity (Wildman–Crippen MR) is 64.5 cm³/mol. The Bertz CT molecular complexity index is 182. The molecule has 0 aliphatic heterocycles. The normalized spacial score (nSPS) is 11.7. The SMILES string of the molecule is C[C-](C)C(=O)O.C[CH-]C(C)(C)C(C)NC.[Y]. The van der Waals surface area contributed by atoms with Crippen LogP contribution in [0.3, 0.4) is 0 Å². The van der Waals surface area contributed by atoms with E-state index in [9.17, 15) is 4.79 Å². The number of aliphatic carboxylic acids is 1. The van der Waals surface area contributed by atoms with Crippen LogP contribution in [-0.2, 0) is 37.5 Å². The van der Waals surface area contributed by atoms with Gasteiger partial charge in [-0.1, -0.05) is 20.8 Å². The monoisotopic (exact) mass is 304 g/mol. The Hall–Kier alpha value is 0.404. The van der Waals surface area contributed by atoms with Crippen LogP contribution in [0.4, 0.5) is 0 Å². The molecule has 95 valence electrons. The van der Waals surface area contributed by atoms with Gasteiger partial charge in [-0.05, 0) is 13.1 Å². The third-order valence-electron chi connectivity index (χ3n) is 2.72. The number of hydrogen-bond acceptors (Lipinski definition) is 2. The number of nitrogens with one attached hydrogen (secondary N) is 1. The Kier molecular flexibility index (Phi) is 14.3. The van der Waals surface area contributed by atoms with Crippen molar-refractivity contribution < 1.29 is 42.6 Å². The maximum Gasteiger partial charge on any atom is 0.166 e. The van der Waals surface area contributed by atoms with Crippen molar-refractivity contribution in [3.05, 3.63) is 12.3 Å². The summed E-state index contributed by atoms with van der Waals surface area (Å²) >= 11 is 0. The first-order chi connectivity index (χ1) is 6.68. The Morgan fingerprint density at radius 3 is 1.81 bits per heavy atom. The van der Waals surface area contributed by atoms with E-state index < -0.39 is 5.97 Å². The average Bonchev–Trinajstić information content (AvgIpc) is 2.17. The number of carboxylic acid groups (broad SMARTS) is 1. The summed E-state index contributed by atoms with van der Waals surface area (Å²) in [6.45, 7) is 11.9. The standard InChI is InChI=1S/C8H18N.C4H7O2.Y/c1-6-8(3,4)7(2)9-5;1-3(2)4(5)6;/h6-7,9H,1-5H3;1-2H3,(H,5,6);/q2*-1;. The summed E-state index contributed by atoms with van der Waals surface area (Å²) in [6, 6.07) is 0.558. The Labute approximate surface area is 126 Å². The van der Waals surface area contributed by atoms with Gasteiger partial charge >= 0.3 is 0 Å². The largest absolute Gasteiger partial charge is 0.503 e. The van der Waals surface area contributed by atoms with Crippen LogP contribution >= 0.6 is 0 Å². The molecule has 0 saturated carbocycles. The van der Waals surface area contributed by atoms with Crippen LogP contribution in [0.5, 0.6) is 0 Å². The van der Waals surface area contributed by atoms with Crippen molar-refractivity contribution in [1.29, 1.82) is 0 Å². The van der Waals surface area contributed by atoms with Crippen molar-refractivity contribution in [2.24, 2.45) is 5.41 Å². The summed E-state index contributed by atoms with van der Waals surface area (Å²) in [5.41, 5.74) is 0.314. The first kappa shape index (κ1) is 21.7. The van der Waals surface area contributed by atoms with Gasteiger partial charge in [0.15, 0.2) is 5.97 Å². The quantitative estimate of drug-likeness (QED) is 0.785. The molecule has 0 aliphatic rings. The van der Waals surface area contributed by atoms with Gasteiger partial charge in [0.1, 0.15) is 0 Å². The fourth-order valence-electron chi connectivity index (χ4n) is 0.622. The van der Waals surface area contributed by atoms with Gasteiger partial charge in [0.2, 0.25) is 0 Å². The summed E-state index contributed by atoms with van der Waals surface area (Å²) < 4.78 is 0. The molecule has 0 spiro atoms. The summed E-state index contributed by atoms with van der Waals surface area (Å²) in [5.74, 6) is -0.398. The van der Waals surface area contributed by atoms with E-state index in [0.717, 1.165) is 0 Å². The molecule has 0 saturated heterocycles. The molecule has 0 fully saturated rings. The fourth-order valence-corrected chi connectivity index (χ4v) is 0.622. The minimum atomic E-state index is -0.824. The van der Waals surface area contributed by atoms with E-state index in [2.05, 4.69) is 39.4 Å². The van der Waals surface area contributed by atoms with Crippen molar-refractivity contribution in [2.75, 3.05) is 7.05 Å². The molecular formula is C12H25NO2Y-2. The second-order valence-corrected chi connectivity index (χ2v) is 4.43. The van der Waals surface area contributed by atoms with E-state index in [4.69, 9.17) is 5.11 Å². The third-order valence-corrected chi connectivity index (χ3v) is 2.72. The Balaban J connectivity index is -0.000000214. The van der Waals surface area contributed by atoms with E-state index in [0.29, 0.717) is 17.4 Å². The van der Waals surface area contributed by atoms with E-state index >= 15 is 0 Å². The molecule has 0 aromatic rings. The molecule has 0 amide bonds. The van der Waals surface area contributed by atoms with Gasteiger partial charge in [-0.3, -0.25) is 10.7 Å². The second-order valence-electron chi connectivity index (χ2n) is 4.43. The van der Waals surface area contributed by atoms with Gasteiger partial charge in [-0.2, -0.15) is 20.8 Å². The van der Waals surface area contributed by atoms with E-state index in [1.165, 1.54) is 0 Å². The Morgan fingerprint density at radius 2 is 1.75 bits per heavy atom. The van der Waals surface area contributed by atoms with Gasteiger partial charge in [0, 0.05) is 32.7 Å². The molecule has 1 unspecified atom stereocenters. The van der Waals surface area contributed by atoms with Crippen LogP contribution in [-0.4, -0.2) is 24.2 Å². The van der Waals surface area contributed by atoms with E-state index in [1.807, 2.05) is 7.05 Å².